The van der Waals surface area contributed by atoms with Gasteiger partial charge in [-0.2, -0.15) is 4.98 Å². The Labute approximate surface area is 186 Å². The van der Waals surface area contributed by atoms with E-state index in [0.29, 0.717) is 23.0 Å². The summed E-state index contributed by atoms with van der Waals surface area (Å²) in [5.41, 5.74) is 2.89. The molecule has 1 unspecified atom stereocenters. The first-order valence-corrected chi connectivity index (χ1v) is 11.3. The third kappa shape index (κ3) is 5.45. The van der Waals surface area contributed by atoms with E-state index in [-0.39, 0.29) is 11.9 Å². The second kappa shape index (κ2) is 9.98. The van der Waals surface area contributed by atoms with Crippen LogP contribution in [0.25, 0.3) is 0 Å². The lowest BCUT2D eigenvalue weighted by Gasteiger charge is -2.29. The number of nitrogens with one attached hydrogen (secondary N) is 1. The zero-order chi connectivity index (χ0) is 21.6. The van der Waals surface area contributed by atoms with Gasteiger partial charge in [-0.1, -0.05) is 29.4 Å². The topological polar surface area (TPSA) is 80.5 Å². The van der Waals surface area contributed by atoms with Crippen LogP contribution in [0.15, 0.2) is 57.9 Å². The van der Waals surface area contributed by atoms with Crippen molar-refractivity contribution in [1.29, 1.82) is 0 Å². The maximum absolute atomic E-state index is 13.0. The van der Waals surface area contributed by atoms with Gasteiger partial charge in [0.05, 0.1) is 30.6 Å². The molecule has 2 aromatic carbocycles. The van der Waals surface area contributed by atoms with Gasteiger partial charge in [0.1, 0.15) is 0 Å². The molecule has 0 radical (unpaired) electrons. The van der Waals surface area contributed by atoms with Gasteiger partial charge >= 0.3 is 0 Å². The Hall–Kier alpha value is -2.84. The maximum Gasteiger partial charge on any atom is 0.252 e. The van der Waals surface area contributed by atoms with Crippen molar-refractivity contribution in [3.05, 3.63) is 71.4 Å². The minimum Gasteiger partial charge on any atom is -0.378 e. The summed E-state index contributed by atoms with van der Waals surface area (Å²) in [5, 5.41) is 6.92. The number of amides is 1. The zero-order valence-corrected chi connectivity index (χ0v) is 18.5. The zero-order valence-electron chi connectivity index (χ0n) is 17.7. The monoisotopic (exact) mass is 438 g/mol. The number of thioether (sulfide) groups is 1. The molecule has 1 aliphatic heterocycles. The van der Waals surface area contributed by atoms with Crippen LogP contribution in [0.4, 0.5) is 5.69 Å². The summed E-state index contributed by atoms with van der Waals surface area (Å²) in [6, 6.07) is 15.8. The number of carbonyl (C=O) groups is 1. The number of benzene rings is 2. The number of aromatic nitrogens is 2. The van der Waals surface area contributed by atoms with Gasteiger partial charge in [-0.25, -0.2) is 0 Å². The van der Waals surface area contributed by atoms with Crippen molar-refractivity contribution in [3.8, 4) is 0 Å². The number of hydrogen-bond acceptors (Lipinski definition) is 7. The van der Waals surface area contributed by atoms with Crippen LogP contribution in [-0.2, 0) is 10.5 Å². The van der Waals surface area contributed by atoms with Crippen LogP contribution in [0, 0.1) is 6.92 Å². The van der Waals surface area contributed by atoms with E-state index in [9.17, 15) is 4.79 Å². The molecule has 0 saturated carbocycles. The van der Waals surface area contributed by atoms with Gasteiger partial charge in [0.15, 0.2) is 5.82 Å². The number of carbonyl (C=O) groups excluding carboxylic acids is 1. The molecule has 0 bridgehead atoms. The number of anilines is 1. The molecule has 3 aromatic rings. The van der Waals surface area contributed by atoms with Crippen molar-refractivity contribution in [3.63, 3.8) is 0 Å². The summed E-state index contributed by atoms with van der Waals surface area (Å²) in [6.45, 7) is 7.12. The molecule has 2 heterocycles. The van der Waals surface area contributed by atoms with Crippen LogP contribution in [0.3, 0.4) is 0 Å². The SMILES string of the molecule is Cc1noc(CSc2ccccc2C(=O)NC(C)c2ccc(N3CCOCC3)cc2)n1. The Kier molecular flexibility index (Phi) is 6.89. The molecular formula is C23H26N4O3S. The van der Waals surface area contributed by atoms with Crippen LogP contribution in [0.5, 0.6) is 0 Å². The smallest absolute Gasteiger partial charge is 0.252 e. The normalized spacial score (nSPS) is 15.0. The lowest BCUT2D eigenvalue weighted by molar-refractivity contribution is 0.0937. The predicted octanol–water partition coefficient (Wildman–Crippen LogP) is 4.00. The fourth-order valence-corrected chi connectivity index (χ4v) is 4.36. The minimum absolute atomic E-state index is 0.102. The molecule has 8 heteroatoms. The van der Waals surface area contributed by atoms with Crippen LogP contribution in [0.1, 0.15) is 40.6 Å². The van der Waals surface area contributed by atoms with E-state index in [1.165, 1.54) is 17.4 Å². The van der Waals surface area contributed by atoms with Crippen LogP contribution in [0.2, 0.25) is 0 Å². The molecule has 0 aliphatic carbocycles. The number of rotatable bonds is 7. The summed E-state index contributed by atoms with van der Waals surface area (Å²) in [5.74, 6) is 1.57. The highest BCUT2D eigenvalue weighted by atomic mass is 32.2. The molecule has 1 fully saturated rings. The number of nitrogens with zero attached hydrogens (tertiary/aromatic N) is 3. The first-order chi connectivity index (χ1) is 15.1. The summed E-state index contributed by atoms with van der Waals surface area (Å²) in [7, 11) is 0. The standard InChI is InChI=1S/C23H26N4O3S/c1-16(18-7-9-19(10-8-18)27-11-13-29-14-12-27)24-23(28)20-5-3-4-6-21(20)31-15-22-25-17(2)26-30-22/h3-10,16H,11-15H2,1-2H3,(H,24,28). The van der Waals surface area contributed by atoms with E-state index in [2.05, 4.69) is 44.6 Å². The largest absolute Gasteiger partial charge is 0.378 e. The molecule has 4 rings (SSSR count). The van der Waals surface area contributed by atoms with E-state index < -0.39 is 0 Å². The van der Waals surface area contributed by atoms with Crippen LogP contribution in [-0.4, -0.2) is 42.4 Å². The molecule has 1 aromatic heterocycles. The third-order valence-corrected chi connectivity index (χ3v) is 6.23. The summed E-state index contributed by atoms with van der Waals surface area (Å²) in [4.78, 5) is 20.4. The second-order valence-corrected chi connectivity index (χ2v) is 8.42. The molecule has 31 heavy (non-hydrogen) atoms. The fourth-order valence-electron chi connectivity index (χ4n) is 3.47. The van der Waals surface area contributed by atoms with Gasteiger partial charge in [0, 0.05) is 23.7 Å². The maximum atomic E-state index is 13.0. The highest BCUT2D eigenvalue weighted by Crippen LogP contribution is 2.27. The van der Waals surface area contributed by atoms with Gasteiger partial charge in [0.2, 0.25) is 5.89 Å². The van der Waals surface area contributed by atoms with Crippen molar-refractivity contribution in [2.24, 2.45) is 0 Å². The minimum atomic E-state index is -0.108. The Morgan fingerprint density at radius 3 is 2.61 bits per heavy atom. The Bertz CT molecular complexity index is 1020. The highest BCUT2D eigenvalue weighted by Gasteiger charge is 2.17. The van der Waals surface area contributed by atoms with Crippen LogP contribution >= 0.6 is 11.8 Å². The van der Waals surface area contributed by atoms with Gasteiger partial charge in [-0.15, -0.1) is 11.8 Å². The van der Waals surface area contributed by atoms with E-state index >= 15 is 0 Å². The molecule has 162 valence electrons. The quantitative estimate of drug-likeness (QED) is 0.559. The Balaban J connectivity index is 1.39. The van der Waals surface area contributed by atoms with Gasteiger partial charge in [0.25, 0.3) is 5.91 Å². The number of hydrogen-bond donors (Lipinski definition) is 1. The van der Waals surface area contributed by atoms with Crippen molar-refractivity contribution in [2.45, 2.75) is 30.5 Å². The summed E-state index contributed by atoms with van der Waals surface area (Å²) < 4.78 is 10.6. The van der Waals surface area contributed by atoms with Crippen molar-refractivity contribution in [2.75, 3.05) is 31.2 Å². The lowest BCUT2D eigenvalue weighted by atomic mass is 10.1. The van der Waals surface area contributed by atoms with E-state index in [4.69, 9.17) is 9.26 Å². The fraction of sp³-hybridized carbons (Fsp3) is 0.348. The first-order valence-electron chi connectivity index (χ1n) is 10.3. The average molecular weight is 439 g/mol. The van der Waals surface area contributed by atoms with E-state index in [0.717, 1.165) is 36.8 Å². The van der Waals surface area contributed by atoms with Gasteiger partial charge in [-0.05, 0) is 43.7 Å². The molecule has 1 amide bonds. The second-order valence-electron chi connectivity index (χ2n) is 7.41. The highest BCUT2D eigenvalue weighted by molar-refractivity contribution is 7.98. The molecule has 7 nitrogen and oxygen atoms in total. The predicted molar refractivity (Wildman–Crippen MR) is 120 cm³/mol. The lowest BCUT2D eigenvalue weighted by Crippen LogP contribution is -2.36. The van der Waals surface area contributed by atoms with Crippen molar-refractivity contribution in [1.82, 2.24) is 15.5 Å². The van der Waals surface area contributed by atoms with Crippen LogP contribution < -0.4 is 10.2 Å². The first kappa shape index (κ1) is 21.4. The molecule has 0 spiro atoms. The van der Waals surface area contributed by atoms with E-state index in [1.54, 1.807) is 6.92 Å². The summed E-state index contributed by atoms with van der Waals surface area (Å²) >= 11 is 1.51. The Morgan fingerprint density at radius 1 is 1.16 bits per heavy atom. The van der Waals surface area contributed by atoms with Crippen molar-refractivity contribution >= 4 is 23.4 Å². The average Bonchev–Trinajstić information content (AvgIpc) is 3.23. The molecule has 1 aliphatic rings. The van der Waals surface area contributed by atoms with Gasteiger partial charge in [-0.3, -0.25) is 4.79 Å². The molecule has 1 atom stereocenters. The Morgan fingerprint density at radius 2 is 1.90 bits per heavy atom. The van der Waals surface area contributed by atoms with E-state index in [1.807, 2.05) is 31.2 Å². The number of aryl methyl sites for hydroxylation is 1. The molecule has 1 N–H and O–H groups in total. The number of morpholine rings is 1. The van der Waals surface area contributed by atoms with Crippen molar-refractivity contribution < 1.29 is 14.1 Å². The third-order valence-electron chi connectivity index (χ3n) is 5.17. The summed E-state index contributed by atoms with van der Waals surface area (Å²) in [6.07, 6.45) is 0. The number of ether oxygens (including phenoxy) is 1. The molecular weight excluding hydrogens is 412 g/mol. The van der Waals surface area contributed by atoms with Gasteiger partial charge < -0.3 is 19.5 Å². The molecule has 1 saturated heterocycles.